The van der Waals surface area contributed by atoms with Crippen LogP contribution in [0.3, 0.4) is 0 Å². The van der Waals surface area contributed by atoms with Crippen LogP contribution in [-0.4, -0.2) is 19.1 Å². The maximum atomic E-state index is 12.7. The number of aryl methyl sites for hydroxylation is 1. The fourth-order valence-corrected chi connectivity index (χ4v) is 4.01. The van der Waals surface area contributed by atoms with Crippen LogP contribution in [0.1, 0.15) is 28.7 Å². The van der Waals surface area contributed by atoms with Gasteiger partial charge in [0.15, 0.2) is 0 Å². The molecule has 3 aromatic rings. The number of carbonyl (C=O) groups excluding carboxylic acids is 1. The van der Waals surface area contributed by atoms with Gasteiger partial charge in [0.25, 0.3) is 0 Å². The van der Waals surface area contributed by atoms with Crippen LogP contribution in [0.5, 0.6) is 5.75 Å². The van der Waals surface area contributed by atoms with Gasteiger partial charge in [-0.3, -0.25) is 4.79 Å². The first-order valence-electron chi connectivity index (χ1n) is 11.4. The van der Waals surface area contributed by atoms with Crippen molar-refractivity contribution >= 4 is 23.7 Å². The van der Waals surface area contributed by atoms with Gasteiger partial charge in [-0.2, -0.15) is 0 Å². The second-order valence-electron chi connectivity index (χ2n) is 8.02. The lowest BCUT2D eigenvalue weighted by atomic mass is 9.97. The molecule has 33 heavy (non-hydrogen) atoms. The quantitative estimate of drug-likeness (QED) is 0.359. The van der Waals surface area contributed by atoms with Gasteiger partial charge in [-0.15, -0.1) is 6.58 Å². The topological polar surface area (TPSA) is 29.5 Å². The third-order valence-corrected chi connectivity index (χ3v) is 5.67. The summed E-state index contributed by atoms with van der Waals surface area (Å²) in [6, 6.07) is 24.5. The molecule has 166 valence electrons. The Morgan fingerprint density at radius 1 is 0.879 bits per heavy atom. The number of fused-ring (bicyclic) bond motifs is 1. The second-order valence-corrected chi connectivity index (χ2v) is 8.02. The molecule has 0 aliphatic carbocycles. The van der Waals surface area contributed by atoms with E-state index in [-0.39, 0.29) is 5.91 Å². The lowest BCUT2D eigenvalue weighted by molar-refractivity contribution is -0.118. The smallest absolute Gasteiger partial charge is 0.227 e. The molecular formula is C30H29NO2. The normalized spacial score (nSPS) is 13.5. The summed E-state index contributed by atoms with van der Waals surface area (Å²) in [7, 11) is 0. The highest BCUT2D eigenvalue weighted by molar-refractivity contribution is 5.97. The van der Waals surface area contributed by atoms with E-state index in [0.717, 1.165) is 40.1 Å². The molecule has 1 heterocycles. The maximum Gasteiger partial charge on any atom is 0.227 e. The second kappa shape index (κ2) is 11.1. The number of nitrogens with zero attached hydrogens (tertiary/aromatic N) is 1. The Balaban J connectivity index is 1.51. The first-order chi connectivity index (χ1) is 16.2. The summed E-state index contributed by atoms with van der Waals surface area (Å²) in [4.78, 5) is 14.6. The predicted octanol–water partition coefficient (Wildman–Crippen LogP) is 6.50. The Morgan fingerprint density at radius 2 is 1.55 bits per heavy atom. The largest absolute Gasteiger partial charge is 0.489 e. The van der Waals surface area contributed by atoms with E-state index in [9.17, 15) is 4.79 Å². The maximum absolute atomic E-state index is 12.7. The van der Waals surface area contributed by atoms with Gasteiger partial charge >= 0.3 is 0 Å². The van der Waals surface area contributed by atoms with E-state index in [1.165, 1.54) is 0 Å². The van der Waals surface area contributed by atoms with E-state index < -0.39 is 0 Å². The summed E-state index contributed by atoms with van der Waals surface area (Å²) < 4.78 is 6.13. The average Bonchev–Trinajstić information content (AvgIpc) is 2.85. The van der Waals surface area contributed by atoms with Crippen LogP contribution in [0.2, 0.25) is 0 Å². The minimum absolute atomic E-state index is 0.157. The van der Waals surface area contributed by atoms with Crippen molar-refractivity contribution in [2.75, 3.05) is 18.1 Å². The van der Waals surface area contributed by atoms with E-state index in [1.54, 1.807) is 0 Å². The number of carbonyl (C=O) groups is 1. The van der Waals surface area contributed by atoms with Gasteiger partial charge < -0.3 is 9.64 Å². The molecule has 0 atom stereocenters. The fourth-order valence-electron chi connectivity index (χ4n) is 4.01. The number of rotatable bonds is 9. The van der Waals surface area contributed by atoms with Gasteiger partial charge in [-0.05, 0) is 53.3 Å². The molecule has 0 fully saturated rings. The van der Waals surface area contributed by atoms with Crippen molar-refractivity contribution in [2.45, 2.75) is 19.3 Å². The molecule has 1 aliphatic heterocycles. The highest BCUT2D eigenvalue weighted by Crippen LogP contribution is 2.34. The molecule has 4 rings (SSSR count). The number of anilines is 1. The molecule has 0 bridgehead atoms. The molecule has 0 spiro atoms. The summed E-state index contributed by atoms with van der Waals surface area (Å²) in [5.41, 5.74) is 5.45. The predicted molar refractivity (Wildman–Crippen MR) is 137 cm³/mol. The van der Waals surface area contributed by atoms with Crippen LogP contribution < -0.4 is 9.64 Å². The number of hydrogen-bond donors (Lipinski definition) is 0. The number of allylic oxidation sites excluding steroid dienone is 1. The van der Waals surface area contributed by atoms with Crippen LogP contribution in [0.25, 0.3) is 12.2 Å². The Hall–Kier alpha value is -3.85. The van der Waals surface area contributed by atoms with Crippen LogP contribution in [0, 0.1) is 0 Å². The van der Waals surface area contributed by atoms with Crippen molar-refractivity contribution in [3.8, 4) is 5.75 Å². The molecular weight excluding hydrogens is 406 g/mol. The highest BCUT2D eigenvalue weighted by atomic mass is 16.5. The summed E-state index contributed by atoms with van der Waals surface area (Å²) >= 11 is 0. The Bertz CT molecular complexity index is 1150. The highest BCUT2D eigenvalue weighted by Gasteiger charge is 2.25. The summed E-state index contributed by atoms with van der Waals surface area (Å²) in [6.45, 7) is 4.94. The van der Waals surface area contributed by atoms with Crippen LogP contribution in [-0.2, 0) is 17.6 Å². The van der Waals surface area contributed by atoms with Crippen molar-refractivity contribution in [1.82, 2.24) is 0 Å². The van der Waals surface area contributed by atoms with E-state index in [4.69, 9.17) is 4.74 Å². The molecule has 0 N–H and O–H groups in total. The summed E-state index contributed by atoms with van der Waals surface area (Å²) in [6.07, 6.45) is 12.0. The number of amides is 1. The third kappa shape index (κ3) is 5.89. The Labute approximate surface area is 196 Å². The molecule has 3 heteroatoms. The monoisotopic (exact) mass is 435 g/mol. The minimum atomic E-state index is 0.157. The van der Waals surface area contributed by atoms with Gasteiger partial charge in [0, 0.05) is 18.7 Å². The lowest BCUT2D eigenvalue weighted by Crippen LogP contribution is -2.35. The molecule has 0 radical (unpaired) electrons. The van der Waals surface area contributed by atoms with Crippen molar-refractivity contribution in [2.24, 2.45) is 0 Å². The standard InChI is InChI=1S/C30H29NO2/c1-2-11-27-22-28-26(23-29(27)33-21-10-17-25-14-7-4-8-15-25)18-19-30(32)31(28)20-9-16-24-12-5-3-6-13-24/h2-10,12-17,22-23H,1,11,18-21H2/b16-9+,17-10+. The molecule has 0 aromatic heterocycles. The zero-order valence-electron chi connectivity index (χ0n) is 18.8. The van der Waals surface area contributed by atoms with Crippen molar-refractivity contribution in [3.05, 3.63) is 120 Å². The van der Waals surface area contributed by atoms with E-state index in [1.807, 2.05) is 59.5 Å². The minimum Gasteiger partial charge on any atom is -0.489 e. The first-order valence-corrected chi connectivity index (χ1v) is 11.4. The van der Waals surface area contributed by atoms with E-state index in [2.05, 4.69) is 55.1 Å². The number of benzene rings is 3. The van der Waals surface area contributed by atoms with E-state index >= 15 is 0 Å². The van der Waals surface area contributed by atoms with Gasteiger partial charge in [-0.1, -0.05) is 85.0 Å². The number of hydrogen-bond acceptors (Lipinski definition) is 2. The molecule has 0 unspecified atom stereocenters. The molecule has 3 aromatic carbocycles. The first kappa shape index (κ1) is 22.3. The lowest BCUT2D eigenvalue weighted by Gasteiger charge is -2.30. The Kier molecular flexibility index (Phi) is 7.55. The van der Waals surface area contributed by atoms with Crippen molar-refractivity contribution in [1.29, 1.82) is 0 Å². The van der Waals surface area contributed by atoms with Gasteiger partial charge in [0.05, 0.1) is 0 Å². The van der Waals surface area contributed by atoms with Crippen LogP contribution in [0.4, 0.5) is 5.69 Å². The fraction of sp³-hybridized carbons (Fsp3) is 0.167. The molecule has 1 aliphatic rings. The van der Waals surface area contributed by atoms with Crippen LogP contribution in [0.15, 0.2) is 97.6 Å². The average molecular weight is 436 g/mol. The zero-order valence-corrected chi connectivity index (χ0v) is 18.8. The third-order valence-electron chi connectivity index (χ3n) is 5.67. The molecule has 0 saturated carbocycles. The van der Waals surface area contributed by atoms with Crippen molar-refractivity contribution < 1.29 is 9.53 Å². The van der Waals surface area contributed by atoms with Gasteiger partial charge in [-0.25, -0.2) is 0 Å². The molecule has 1 amide bonds. The Morgan fingerprint density at radius 3 is 2.21 bits per heavy atom. The number of ether oxygens (including phenoxy) is 1. The van der Waals surface area contributed by atoms with E-state index in [0.29, 0.717) is 26.0 Å². The van der Waals surface area contributed by atoms with Gasteiger partial charge in [0.1, 0.15) is 12.4 Å². The van der Waals surface area contributed by atoms with Crippen molar-refractivity contribution in [3.63, 3.8) is 0 Å². The zero-order chi connectivity index (χ0) is 22.9. The van der Waals surface area contributed by atoms with Gasteiger partial charge in [0.2, 0.25) is 5.91 Å². The summed E-state index contributed by atoms with van der Waals surface area (Å²) in [5, 5.41) is 0. The SMILES string of the molecule is C=CCc1cc2c(cc1OC/C=C/c1ccccc1)CCC(=O)N2C/C=C/c1ccccc1. The summed E-state index contributed by atoms with van der Waals surface area (Å²) in [5.74, 6) is 1.02. The van der Waals surface area contributed by atoms with Crippen LogP contribution >= 0.6 is 0 Å². The molecule has 3 nitrogen and oxygen atoms in total. The molecule has 0 saturated heterocycles.